The first-order valence-electron chi connectivity index (χ1n) is 6.48. The number of carbonyl (C=O) groups is 1. The summed E-state index contributed by atoms with van der Waals surface area (Å²) < 4.78 is 5.62. The molecule has 0 fully saturated rings. The number of amides is 1. The monoisotopic (exact) mass is 261 g/mol. The van der Waals surface area contributed by atoms with Crippen molar-refractivity contribution < 1.29 is 9.21 Å². The summed E-state index contributed by atoms with van der Waals surface area (Å²) in [6.45, 7) is 3.62. The van der Waals surface area contributed by atoms with Crippen LogP contribution in [-0.2, 0) is 11.3 Å². The average molecular weight is 261 g/mol. The van der Waals surface area contributed by atoms with E-state index in [1.54, 1.807) is 0 Å². The average Bonchev–Trinajstić information content (AvgIpc) is 2.78. The lowest BCUT2D eigenvalue weighted by molar-refractivity contribution is -0.122. The van der Waals surface area contributed by atoms with Gasteiger partial charge in [0.1, 0.15) is 5.52 Å². The number of nitrogens with one attached hydrogen (secondary N) is 1. The van der Waals surface area contributed by atoms with Gasteiger partial charge in [-0.3, -0.25) is 9.69 Å². The number of likely N-dealkylation sites (N-methyl/N-ethyl adjacent to an activating group) is 1. The number of para-hydroxylation sites is 2. The Morgan fingerprint density at radius 2 is 2.21 bits per heavy atom. The normalized spacial score (nSPS) is 11.1. The zero-order valence-corrected chi connectivity index (χ0v) is 11.3. The number of nitrogens with zero attached hydrogens (tertiary/aromatic N) is 2. The Labute approximate surface area is 112 Å². The molecule has 0 bridgehead atoms. The van der Waals surface area contributed by atoms with Gasteiger partial charge < -0.3 is 9.73 Å². The SMILES string of the molecule is CCCNC(=O)CN(C)Cc1nc2ccccc2o1. The summed E-state index contributed by atoms with van der Waals surface area (Å²) in [7, 11) is 1.88. The third kappa shape index (κ3) is 3.79. The molecular formula is C14H19N3O2. The highest BCUT2D eigenvalue weighted by molar-refractivity contribution is 5.78. The second-order valence-corrected chi connectivity index (χ2v) is 4.60. The van der Waals surface area contributed by atoms with Crippen molar-refractivity contribution in [2.75, 3.05) is 20.1 Å². The zero-order valence-electron chi connectivity index (χ0n) is 11.3. The summed E-state index contributed by atoms with van der Waals surface area (Å²) in [4.78, 5) is 17.8. The van der Waals surface area contributed by atoms with Crippen molar-refractivity contribution in [1.29, 1.82) is 0 Å². The minimum Gasteiger partial charge on any atom is -0.439 e. The van der Waals surface area contributed by atoms with Crippen LogP contribution in [0.1, 0.15) is 19.2 Å². The first-order chi connectivity index (χ1) is 9.19. The van der Waals surface area contributed by atoms with E-state index in [1.165, 1.54) is 0 Å². The molecule has 2 rings (SSSR count). The standard InChI is InChI=1S/C14H19N3O2/c1-3-8-15-13(18)9-17(2)10-14-16-11-6-4-5-7-12(11)19-14/h4-7H,3,8-10H2,1-2H3,(H,15,18). The summed E-state index contributed by atoms with van der Waals surface area (Å²) in [6, 6.07) is 7.64. The number of oxazole rings is 1. The van der Waals surface area contributed by atoms with Crippen LogP contribution in [-0.4, -0.2) is 35.9 Å². The van der Waals surface area contributed by atoms with Gasteiger partial charge in [0.25, 0.3) is 0 Å². The molecule has 5 heteroatoms. The lowest BCUT2D eigenvalue weighted by atomic mass is 10.3. The molecule has 0 aliphatic rings. The van der Waals surface area contributed by atoms with E-state index in [2.05, 4.69) is 10.3 Å². The predicted octanol–water partition coefficient (Wildman–Crippen LogP) is 1.79. The number of fused-ring (bicyclic) bond motifs is 1. The van der Waals surface area contributed by atoms with Crippen LogP contribution >= 0.6 is 0 Å². The van der Waals surface area contributed by atoms with Crippen LogP contribution in [0.4, 0.5) is 0 Å². The van der Waals surface area contributed by atoms with E-state index < -0.39 is 0 Å². The third-order valence-corrected chi connectivity index (χ3v) is 2.73. The van der Waals surface area contributed by atoms with E-state index in [9.17, 15) is 4.79 Å². The highest BCUT2D eigenvalue weighted by atomic mass is 16.3. The Kier molecular flexibility index (Phi) is 4.52. The second-order valence-electron chi connectivity index (χ2n) is 4.60. The van der Waals surface area contributed by atoms with Crippen LogP contribution in [0.3, 0.4) is 0 Å². The zero-order chi connectivity index (χ0) is 13.7. The molecular weight excluding hydrogens is 242 g/mol. The van der Waals surface area contributed by atoms with Gasteiger partial charge in [0.2, 0.25) is 11.8 Å². The van der Waals surface area contributed by atoms with Gasteiger partial charge in [0, 0.05) is 6.54 Å². The summed E-state index contributed by atoms with van der Waals surface area (Å²) >= 11 is 0. The van der Waals surface area contributed by atoms with Crippen molar-refractivity contribution in [2.45, 2.75) is 19.9 Å². The Bertz CT molecular complexity index is 517. The lowest BCUT2D eigenvalue weighted by Crippen LogP contribution is -2.35. The van der Waals surface area contributed by atoms with Crippen molar-refractivity contribution in [2.24, 2.45) is 0 Å². The summed E-state index contributed by atoms with van der Waals surface area (Å²) in [5.74, 6) is 0.660. The maximum atomic E-state index is 11.6. The Morgan fingerprint density at radius 1 is 1.42 bits per heavy atom. The molecule has 102 valence electrons. The molecule has 1 aromatic heterocycles. The van der Waals surface area contributed by atoms with E-state index >= 15 is 0 Å². The summed E-state index contributed by atoms with van der Waals surface area (Å²) in [6.07, 6.45) is 0.945. The quantitative estimate of drug-likeness (QED) is 0.861. The molecule has 0 saturated heterocycles. The molecule has 0 saturated carbocycles. The van der Waals surface area contributed by atoms with Crippen molar-refractivity contribution in [3.63, 3.8) is 0 Å². The number of hydrogen-bond donors (Lipinski definition) is 1. The van der Waals surface area contributed by atoms with Gasteiger partial charge in [-0.2, -0.15) is 0 Å². The van der Waals surface area contributed by atoms with Gasteiger partial charge in [0.05, 0.1) is 13.1 Å². The lowest BCUT2D eigenvalue weighted by Gasteiger charge is -2.13. The number of aromatic nitrogens is 1. The predicted molar refractivity (Wildman–Crippen MR) is 73.6 cm³/mol. The van der Waals surface area contributed by atoms with Crippen LogP contribution in [0, 0.1) is 0 Å². The number of carbonyl (C=O) groups excluding carboxylic acids is 1. The third-order valence-electron chi connectivity index (χ3n) is 2.73. The molecule has 5 nitrogen and oxygen atoms in total. The molecule has 0 spiro atoms. The van der Waals surface area contributed by atoms with Crippen molar-refractivity contribution in [3.05, 3.63) is 30.2 Å². The van der Waals surface area contributed by atoms with Crippen molar-refractivity contribution in [3.8, 4) is 0 Å². The van der Waals surface area contributed by atoms with E-state index in [1.807, 2.05) is 43.1 Å². The molecule has 2 aromatic rings. The number of rotatable bonds is 6. The van der Waals surface area contributed by atoms with Crippen molar-refractivity contribution in [1.82, 2.24) is 15.2 Å². The van der Waals surface area contributed by atoms with Crippen LogP contribution < -0.4 is 5.32 Å². The molecule has 1 amide bonds. The molecule has 1 heterocycles. The van der Waals surface area contributed by atoms with Crippen molar-refractivity contribution >= 4 is 17.0 Å². The minimum absolute atomic E-state index is 0.0282. The molecule has 0 aliphatic heterocycles. The summed E-state index contributed by atoms with van der Waals surface area (Å²) in [5.41, 5.74) is 1.63. The maximum absolute atomic E-state index is 11.6. The van der Waals surface area contributed by atoms with E-state index in [-0.39, 0.29) is 5.91 Å². The minimum atomic E-state index is 0.0282. The largest absolute Gasteiger partial charge is 0.439 e. The Balaban J connectivity index is 1.91. The maximum Gasteiger partial charge on any atom is 0.234 e. The molecule has 0 unspecified atom stereocenters. The van der Waals surface area contributed by atoms with Gasteiger partial charge in [-0.1, -0.05) is 19.1 Å². The molecule has 0 atom stereocenters. The second kappa shape index (κ2) is 6.33. The molecule has 0 aliphatic carbocycles. The Morgan fingerprint density at radius 3 is 2.95 bits per heavy atom. The molecule has 1 N–H and O–H groups in total. The molecule has 19 heavy (non-hydrogen) atoms. The highest BCUT2D eigenvalue weighted by Crippen LogP contribution is 2.15. The van der Waals surface area contributed by atoms with Gasteiger partial charge in [-0.15, -0.1) is 0 Å². The Hall–Kier alpha value is -1.88. The molecule has 1 aromatic carbocycles. The van der Waals surface area contributed by atoms with Gasteiger partial charge in [-0.25, -0.2) is 4.98 Å². The number of hydrogen-bond acceptors (Lipinski definition) is 4. The topological polar surface area (TPSA) is 58.4 Å². The van der Waals surface area contributed by atoms with Gasteiger partial charge >= 0.3 is 0 Å². The first kappa shape index (κ1) is 13.5. The number of benzene rings is 1. The fourth-order valence-corrected chi connectivity index (χ4v) is 1.84. The van der Waals surface area contributed by atoms with Crippen LogP contribution in [0.15, 0.2) is 28.7 Å². The van der Waals surface area contributed by atoms with Gasteiger partial charge in [-0.05, 0) is 25.6 Å². The summed E-state index contributed by atoms with van der Waals surface area (Å²) in [5, 5.41) is 2.84. The highest BCUT2D eigenvalue weighted by Gasteiger charge is 2.10. The smallest absolute Gasteiger partial charge is 0.234 e. The van der Waals surface area contributed by atoms with Gasteiger partial charge in [0.15, 0.2) is 5.58 Å². The first-order valence-corrected chi connectivity index (χ1v) is 6.48. The van der Waals surface area contributed by atoms with Crippen LogP contribution in [0.5, 0.6) is 0 Å². The van der Waals surface area contributed by atoms with Crippen LogP contribution in [0.25, 0.3) is 11.1 Å². The fourth-order valence-electron chi connectivity index (χ4n) is 1.84. The van der Waals surface area contributed by atoms with E-state index in [0.29, 0.717) is 19.0 Å². The van der Waals surface area contributed by atoms with Crippen LogP contribution in [0.2, 0.25) is 0 Å². The molecule has 0 radical (unpaired) electrons. The van der Waals surface area contributed by atoms with E-state index in [0.717, 1.165) is 24.1 Å². The van der Waals surface area contributed by atoms with E-state index in [4.69, 9.17) is 4.42 Å². The fraction of sp³-hybridized carbons (Fsp3) is 0.429.